The summed E-state index contributed by atoms with van der Waals surface area (Å²) in [5, 5.41) is 0. The monoisotopic (exact) mass is 312 g/mol. The summed E-state index contributed by atoms with van der Waals surface area (Å²) in [6.45, 7) is 4.23. The molecule has 0 amide bonds. The first kappa shape index (κ1) is 20.0. The molecule has 6 heteroatoms. The van der Waals surface area contributed by atoms with Gasteiger partial charge in [0.2, 0.25) is 0 Å². The largest absolute Gasteiger partial charge is 1.00 e. The fourth-order valence-corrected chi connectivity index (χ4v) is 7.56. The first-order valence-corrected chi connectivity index (χ1v) is 12.1. The summed E-state index contributed by atoms with van der Waals surface area (Å²) >= 11 is -1.18. The van der Waals surface area contributed by atoms with Crippen molar-refractivity contribution in [1.82, 2.24) is 0 Å². The Morgan fingerprint density at radius 1 is 1.31 bits per heavy atom. The van der Waals surface area contributed by atoms with Crippen LogP contribution in [0.3, 0.4) is 0 Å². The van der Waals surface area contributed by atoms with E-state index >= 15 is 0 Å². The Kier molecular flexibility index (Phi) is 15.6. The van der Waals surface area contributed by atoms with Gasteiger partial charge in [-0.05, 0) is 0 Å². The zero-order valence-corrected chi connectivity index (χ0v) is 13.3. The van der Waals surface area contributed by atoms with Crippen molar-refractivity contribution < 1.29 is 53.3 Å². The number of hydrogen-bond acceptors (Lipinski definition) is 0. The topological polar surface area (TPSA) is 0 Å². The van der Waals surface area contributed by atoms with Crippen LogP contribution in [-0.2, 0) is 16.1 Å². The Labute approximate surface area is 110 Å². The molecule has 0 spiro atoms. The van der Waals surface area contributed by atoms with Gasteiger partial charge in [-0.1, -0.05) is 0 Å². The average Bonchev–Trinajstić information content (AvgIpc) is 2.36. The summed E-state index contributed by atoms with van der Waals surface area (Å²) in [6, 6.07) is 0. The molecule has 0 saturated heterocycles. The quantitative estimate of drug-likeness (QED) is 0.445. The van der Waals surface area contributed by atoms with E-state index in [1.165, 1.54) is 0 Å². The maximum Gasteiger partial charge on any atom is -1.00 e. The summed E-state index contributed by atoms with van der Waals surface area (Å²) in [6.07, 6.45) is 7.74. The van der Waals surface area contributed by atoms with Crippen LogP contribution in [0, 0.1) is 0 Å². The van der Waals surface area contributed by atoms with Crippen LogP contribution in [-0.4, -0.2) is 6.66 Å². The molecule has 0 N–H and O–H groups in total. The van der Waals surface area contributed by atoms with Gasteiger partial charge in [-0.2, -0.15) is 0 Å². The first-order chi connectivity index (χ1) is 4.72. The van der Waals surface area contributed by atoms with Crippen molar-refractivity contribution in [1.29, 1.82) is 0 Å². The van der Waals surface area contributed by atoms with Crippen molar-refractivity contribution in [3.63, 3.8) is 0 Å². The van der Waals surface area contributed by atoms with Gasteiger partial charge in [0.05, 0.1) is 0 Å². The zero-order valence-electron chi connectivity index (χ0n) is 7.53. The van der Waals surface area contributed by atoms with Gasteiger partial charge < -0.3 is 37.2 Å². The van der Waals surface area contributed by atoms with Gasteiger partial charge in [0.15, 0.2) is 0 Å². The van der Waals surface area contributed by atoms with Gasteiger partial charge in [0, 0.05) is 0 Å². The van der Waals surface area contributed by atoms with E-state index in [1.54, 1.807) is 3.88 Å². The minimum Gasteiger partial charge on any atom is -1.00 e. The van der Waals surface area contributed by atoms with Crippen LogP contribution in [0.4, 0.5) is 0 Å². The summed E-state index contributed by atoms with van der Waals surface area (Å²) in [5.41, 5.74) is 0. The van der Waals surface area contributed by atoms with Crippen LogP contribution in [0.1, 0.15) is 6.42 Å². The van der Waals surface area contributed by atoms with Crippen LogP contribution in [0.5, 0.6) is 0 Å². The van der Waals surface area contributed by atoms with Gasteiger partial charge in [-0.3, -0.25) is 0 Å². The number of rotatable bonds is 2. The average molecular weight is 314 g/mol. The Morgan fingerprint density at radius 2 is 1.85 bits per heavy atom. The predicted molar refractivity (Wildman–Crippen MR) is 46.6 cm³/mol. The molecule has 13 heavy (non-hydrogen) atoms. The summed E-state index contributed by atoms with van der Waals surface area (Å²) in [5.74, 6) is 0. The fraction of sp³-hybridized carbons (Fsp3) is 0.429. The summed E-state index contributed by atoms with van der Waals surface area (Å²) < 4.78 is 1.59. The smallest absolute Gasteiger partial charge is 1.00 e. The molecule has 0 nitrogen and oxygen atoms in total. The van der Waals surface area contributed by atoms with E-state index in [1.807, 2.05) is 0 Å². The Hall–Kier alpha value is 1.57. The van der Waals surface area contributed by atoms with E-state index in [0.29, 0.717) is 0 Å². The molecule has 76 valence electrons. The summed E-state index contributed by atoms with van der Waals surface area (Å²) in [7, 11) is 6.34. The van der Waals surface area contributed by atoms with Crippen LogP contribution >= 0.6 is 9.30 Å². The Morgan fingerprint density at radius 3 is 2.15 bits per heavy atom. The van der Waals surface area contributed by atoms with E-state index in [2.05, 4.69) is 31.3 Å². The van der Waals surface area contributed by atoms with Gasteiger partial charge in [-0.25, -0.2) is 0 Å². The number of allylic oxidation sites excluding steroid dienone is 4. The van der Waals surface area contributed by atoms with E-state index in [9.17, 15) is 0 Å². The fourth-order valence-electron chi connectivity index (χ4n) is 0.995. The Bertz CT molecular complexity index is 181. The van der Waals surface area contributed by atoms with Crippen LogP contribution in [0.2, 0.25) is 13.1 Å². The molecule has 0 aliphatic heterocycles. The molecule has 0 atom stereocenters. The molecule has 0 heterocycles. The van der Waals surface area contributed by atoms with E-state index in [0.717, 1.165) is 6.42 Å². The minimum absolute atomic E-state index is 0. The van der Waals surface area contributed by atoms with E-state index in [4.69, 9.17) is 9.30 Å². The molecule has 0 radical (unpaired) electrons. The molecular weight excluding hydrogens is 302 g/mol. The van der Waals surface area contributed by atoms with Crippen LogP contribution < -0.4 is 37.2 Å². The van der Waals surface area contributed by atoms with Gasteiger partial charge in [-0.15, -0.1) is 0 Å². The third-order valence-electron chi connectivity index (χ3n) is 1.58. The van der Waals surface area contributed by atoms with Gasteiger partial charge in [0.1, 0.15) is 0 Å². The standard InChI is InChI=1S/C5H5.C2H7Si.4ClH.Ti/c1-2-4-5-3-1;1-3-2;;;;;/h1-3H,4H2;3H,1-2H3;4*1H;/q;;;;;;+4/p-4. The van der Waals surface area contributed by atoms with Crippen molar-refractivity contribution in [3.8, 4) is 0 Å². The molecule has 0 aromatic heterocycles. The van der Waals surface area contributed by atoms with E-state index in [-0.39, 0.29) is 37.2 Å². The maximum absolute atomic E-state index is 6.34. The van der Waals surface area contributed by atoms with Gasteiger partial charge in [0.25, 0.3) is 0 Å². The summed E-state index contributed by atoms with van der Waals surface area (Å²) in [4.78, 5) is 0. The molecule has 1 rings (SSSR count). The predicted octanol–water partition coefficient (Wildman–Crippen LogP) is -6.40. The second-order valence-electron chi connectivity index (χ2n) is 2.83. The molecule has 0 fully saturated rings. The van der Waals surface area contributed by atoms with E-state index < -0.39 is 22.7 Å². The van der Waals surface area contributed by atoms with Gasteiger partial charge >= 0.3 is 73.7 Å². The van der Waals surface area contributed by atoms with Crippen LogP contribution in [0.25, 0.3) is 0 Å². The molecule has 0 bridgehead atoms. The van der Waals surface area contributed by atoms with Crippen molar-refractivity contribution >= 4 is 16.0 Å². The number of halogens is 4. The molecule has 0 saturated carbocycles. The second kappa shape index (κ2) is 10.1. The van der Waals surface area contributed by atoms with Crippen molar-refractivity contribution in [2.75, 3.05) is 0 Å². The molecule has 0 aromatic rings. The Balaban J connectivity index is -0.000000333. The second-order valence-corrected chi connectivity index (χ2v) is 18.2. The zero-order chi connectivity index (χ0) is 7.56. The first-order valence-electron chi connectivity index (χ1n) is 3.60. The third kappa shape index (κ3) is 6.62. The third-order valence-corrected chi connectivity index (χ3v) is 16.8. The molecular formula is C7H12Cl4SiTi. The molecule has 0 unspecified atom stereocenters. The molecule has 1 aliphatic rings. The molecule has 0 aromatic carbocycles. The van der Waals surface area contributed by atoms with Crippen molar-refractivity contribution in [3.05, 3.63) is 22.1 Å². The molecule has 1 aliphatic carbocycles. The van der Waals surface area contributed by atoms with Crippen molar-refractivity contribution in [2.45, 2.75) is 19.5 Å². The SMILES string of the molecule is C[SiH](C)[Ti+3]([Cl])[C]1=CC=CC1.[Cl-].[Cl-].[Cl-]. The minimum atomic E-state index is -1.18. The maximum atomic E-state index is 6.34. The van der Waals surface area contributed by atoms with Crippen LogP contribution in [0.15, 0.2) is 22.1 Å². The normalized spacial score (nSPS) is 11.8. The number of hydrogen-bond donors (Lipinski definition) is 0. The van der Waals surface area contributed by atoms with Crippen molar-refractivity contribution in [2.24, 2.45) is 0 Å².